The molecule has 4 aromatic rings. The maximum Gasteiger partial charge on any atom is 0.272 e. The third-order valence-electron chi connectivity index (χ3n) is 7.14. The summed E-state index contributed by atoms with van der Waals surface area (Å²) in [6.07, 6.45) is 9.69. The number of nitrogens with one attached hydrogen (secondary N) is 1. The van der Waals surface area contributed by atoms with Crippen LogP contribution in [-0.2, 0) is 6.54 Å². The topological polar surface area (TPSA) is 97.4 Å². The van der Waals surface area contributed by atoms with E-state index in [0.717, 1.165) is 54.1 Å². The lowest BCUT2D eigenvalue weighted by Crippen LogP contribution is -2.39. The minimum Gasteiger partial charge on any atom is -0.352 e. The van der Waals surface area contributed by atoms with E-state index in [1.54, 1.807) is 12.5 Å². The summed E-state index contributed by atoms with van der Waals surface area (Å²) < 4.78 is 3.89. The first-order valence-corrected chi connectivity index (χ1v) is 12.9. The van der Waals surface area contributed by atoms with Crippen LogP contribution in [0.1, 0.15) is 68.7 Å². The molecule has 0 saturated carbocycles. The van der Waals surface area contributed by atoms with E-state index < -0.39 is 0 Å². The summed E-state index contributed by atoms with van der Waals surface area (Å²) in [6.45, 7) is 8.46. The van der Waals surface area contributed by atoms with E-state index in [1.807, 2.05) is 71.3 Å². The fraction of sp³-hybridized carbons (Fsp3) is 0.393. The Morgan fingerprint density at radius 2 is 1.86 bits per heavy atom. The number of amides is 2. The molecule has 0 spiro atoms. The van der Waals surface area contributed by atoms with Crippen molar-refractivity contribution in [2.24, 2.45) is 0 Å². The second-order valence-electron chi connectivity index (χ2n) is 9.79. The van der Waals surface area contributed by atoms with Crippen LogP contribution >= 0.6 is 0 Å². The predicted octanol–water partition coefficient (Wildman–Crippen LogP) is 3.69. The second-order valence-corrected chi connectivity index (χ2v) is 9.79. The van der Waals surface area contributed by atoms with Crippen molar-refractivity contribution in [3.05, 3.63) is 83.1 Å². The van der Waals surface area contributed by atoms with Gasteiger partial charge in [-0.2, -0.15) is 0 Å². The van der Waals surface area contributed by atoms with Gasteiger partial charge in [0.2, 0.25) is 0 Å². The number of hydrogen-bond acceptors (Lipinski definition) is 5. The molecule has 2 amide bonds. The van der Waals surface area contributed by atoms with Gasteiger partial charge in [-0.25, -0.2) is 9.97 Å². The number of aromatic nitrogens is 5. The van der Waals surface area contributed by atoms with Crippen molar-refractivity contribution < 1.29 is 9.59 Å². The van der Waals surface area contributed by atoms with E-state index in [2.05, 4.69) is 15.3 Å². The smallest absolute Gasteiger partial charge is 0.272 e. The van der Waals surface area contributed by atoms with E-state index in [1.165, 1.54) is 0 Å². The van der Waals surface area contributed by atoms with Crippen LogP contribution in [0.25, 0.3) is 5.65 Å². The van der Waals surface area contributed by atoms with Crippen molar-refractivity contribution >= 4 is 17.5 Å². The normalized spacial score (nSPS) is 14.3. The maximum absolute atomic E-state index is 13.5. The Morgan fingerprint density at radius 3 is 2.62 bits per heavy atom. The number of carbonyl (C=O) groups is 2. The van der Waals surface area contributed by atoms with Gasteiger partial charge in [-0.15, -0.1) is 0 Å². The van der Waals surface area contributed by atoms with Gasteiger partial charge in [0.25, 0.3) is 11.8 Å². The number of likely N-dealkylation sites (tertiary alicyclic amines) is 1. The van der Waals surface area contributed by atoms with Gasteiger partial charge in [0.1, 0.15) is 11.3 Å². The molecule has 9 heteroatoms. The van der Waals surface area contributed by atoms with Gasteiger partial charge in [-0.3, -0.25) is 19.0 Å². The first kappa shape index (κ1) is 24.7. The Hall–Kier alpha value is -4.01. The van der Waals surface area contributed by atoms with Crippen LogP contribution in [0.2, 0.25) is 0 Å². The Bertz CT molecular complexity index is 1420. The fourth-order valence-electron chi connectivity index (χ4n) is 5.14. The van der Waals surface area contributed by atoms with Crippen molar-refractivity contribution in [3.8, 4) is 0 Å². The lowest BCUT2D eigenvalue weighted by Gasteiger charge is -2.32. The Kier molecular flexibility index (Phi) is 7.03. The van der Waals surface area contributed by atoms with Crippen molar-refractivity contribution in [2.75, 3.05) is 19.6 Å². The molecule has 1 fully saturated rings. The third kappa shape index (κ3) is 5.12. The van der Waals surface area contributed by atoms with E-state index in [9.17, 15) is 9.59 Å². The zero-order valence-corrected chi connectivity index (χ0v) is 21.6. The van der Waals surface area contributed by atoms with Crippen molar-refractivity contribution in [3.63, 3.8) is 0 Å². The molecule has 0 aromatic carbocycles. The molecule has 0 aliphatic carbocycles. The molecule has 0 bridgehead atoms. The number of imidazole rings is 2. The number of pyridine rings is 2. The lowest BCUT2D eigenvalue weighted by atomic mass is 9.89. The summed E-state index contributed by atoms with van der Waals surface area (Å²) in [7, 11) is 0. The predicted molar refractivity (Wildman–Crippen MR) is 141 cm³/mol. The molecule has 1 N–H and O–H groups in total. The molecule has 1 aliphatic rings. The van der Waals surface area contributed by atoms with Crippen LogP contribution in [0, 0.1) is 20.8 Å². The van der Waals surface area contributed by atoms with E-state index in [-0.39, 0.29) is 17.7 Å². The van der Waals surface area contributed by atoms with Crippen LogP contribution < -0.4 is 5.32 Å². The summed E-state index contributed by atoms with van der Waals surface area (Å²) in [5, 5.41) is 3.05. The SMILES string of the molecule is Cc1ccc(C(=O)NCCCn2ccnc2)c(C2CCN(C(=O)c3c(C)nc4c(C)cccn34)CC2)n1. The van der Waals surface area contributed by atoms with Gasteiger partial charge in [0.05, 0.1) is 23.3 Å². The first-order chi connectivity index (χ1) is 17.9. The maximum atomic E-state index is 13.5. The molecule has 0 unspecified atom stereocenters. The lowest BCUT2D eigenvalue weighted by molar-refractivity contribution is 0.0702. The third-order valence-corrected chi connectivity index (χ3v) is 7.14. The highest BCUT2D eigenvalue weighted by molar-refractivity contribution is 5.96. The van der Waals surface area contributed by atoms with Crippen LogP contribution in [-0.4, -0.2) is 60.3 Å². The Labute approximate surface area is 216 Å². The number of rotatable bonds is 7. The summed E-state index contributed by atoms with van der Waals surface area (Å²) in [4.78, 5) is 41.9. The molecule has 5 heterocycles. The van der Waals surface area contributed by atoms with Gasteiger partial charge in [-0.1, -0.05) is 6.07 Å². The molecule has 1 aliphatic heterocycles. The fourth-order valence-corrected chi connectivity index (χ4v) is 5.14. The number of carbonyl (C=O) groups excluding carboxylic acids is 2. The molecule has 192 valence electrons. The van der Waals surface area contributed by atoms with E-state index in [4.69, 9.17) is 4.98 Å². The molecule has 0 atom stereocenters. The Balaban J connectivity index is 1.25. The van der Waals surface area contributed by atoms with Crippen LogP contribution in [0.3, 0.4) is 0 Å². The standard InChI is InChI=1S/C28H33N7O2/c1-19-6-4-14-35-25(21(3)32-26(19)35)28(37)34-15-9-22(10-16-34)24-23(8-7-20(2)31-24)27(36)30-11-5-13-33-17-12-29-18-33/h4,6-8,12,14,17-18,22H,5,9-11,13,15-16H2,1-3H3,(H,30,36). The summed E-state index contributed by atoms with van der Waals surface area (Å²) in [6, 6.07) is 7.71. The number of hydrogen-bond donors (Lipinski definition) is 1. The number of fused-ring (bicyclic) bond motifs is 1. The highest BCUT2D eigenvalue weighted by Crippen LogP contribution is 2.30. The van der Waals surface area contributed by atoms with Crippen LogP contribution in [0.15, 0.2) is 49.2 Å². The first-order valence-electron chi connectivity index (χ1n) is 12.9. The zero-order valence-electron chi connectivity index (χ0n) is 21.6. The summed E-state index contributed by atoms with van der Waals surface area (Å²) in [5.74, 6) is 0.0339. The van der Waals surface area contributed by atoms with Gasteiger partial charge in [0.15, 0.2) is 0 Å². The van der Waals surface area contributed by atoms with Gasteiger partial charge in [0, 0.05) is 56.4 Å². The monoisotopic (exact) mass is 499 g/mol. The van der Waals surface area contributed by atoms with Crippen LogP contribution in [0.4, 0.5) is 0 Å². The minimum absolute atomic E-state index is 0.00195. The highest BCUT2D eigenvalue weighted by atomic mass is 16.2. The second kappa shape index (κ2) is 10.5. The molecule has 5 rings (SSSR count). The molecule has 0 radical (unpaired) electrons. The molecular formula is C28H33N7O2. The van der Waals surface area contributed by atoms with Crippen molar-refractivity contribution in [1.29, 1.82) is 0 Å². The van der Waals surface area contributed by atoms with Crippen LogP contribution in [0.5, 0.6) is 0 Å². The molecule has 1 saturated heterocycles. The molecule has 37 heavy (non-hydrogen) atoms. The number of aryl methyl sites for hydroxylation is 4. The highest BCUT2D eigenvalue weighted by Gasteiger charge is 2.30. The van der Waals surface area contributed by atoms with Gasteiger partial charge < -0.3 is 14.8 Å². The number of nitrogens with zero attached hydrogens (tertiary/aromatic N) is 6. The summed E-state index contributed by atoms with van der Waals surface area (Å²) >= 11 is 0. The minimum atomic E-state index is -0.0941. The Morgan fingerprint density at radius 1 is 1.05 bits per heavy atom. The summed E-state index contributed by atoms with van der Waals surface area (Å²) in [5.41, 5.74) is 5.59. The molecule has 9 nitrogen and oxygen atoms in total. The van der Waals surface area contributed by atoms with Gasteiger partial charge in [-0.05, 0) is 63.8 Å². The molecule has 4 aromatic heterocycles. The quantitative estimate of drug-likeness (QED) is 0.391. The zero-order chi connectivity index (χ0) is 25.9. The molecular weight excluding hydrogens is 466 g/mol. The van der Waals surface area contributed by atoms with Crippen molar-refractivity contribution in [2.45, 2.75) is 52.5 Å². The number of piperidine rings is 1. The largest absolute Gasteiger partial charge is 0.352 e. The average Bonchev–Trinajstić information content (AvgIpc) is 3.54. The van der Waals surface area contributed by atoms with E-state index >= 15 is 0 Å². The average molecular weight is 500 g/mol. The van der Waals surface area contributed by atoms with Gasteiger partial charge >= 0.3 is 0 Å². The van der Waals surface area contributed by atoms with Crippen molar-refractivity contribution in [1.82, 2.24) is 34.1 Å². The van der Waals surface area contributed by atoms with E-state index in [0.29, 0.717) is 30.9 Å².